The van der Waals surface area contributed by atoms with Crippen LogP contribution in [0.4, 0.5) is 13.2 Å². The van der Waals surface area contributed by atoms with Crippen LogP contribution >= 0.6 is 0 Å². The Morgan fingerprint density at radius 1 is 0.839 bits per heavy atom. The molecule has 0 unspecified atom stereocenters. The van der Waals surface area contributed by atoms with Crippen LogP contribution in [0.25, 0.3) is 28.2 Å². The van der Waals surface area contributed by atoms with Gasteiger partial charge < -0.3 is 0 Å². The SMILES string of the molecule is CCCCc1ccn(-c2nc(C(F)(F)F)nc(-c3ccccc3)c2-c2ccccc2)n1. The van der Waals surface area contributed by atoms with Crippen molar-refractivity contribution >= 4 is 0 Å². The van der Waals surface area contributed by atoms with E-state index in [1.54, 1.807) is 30.5 Å². The molecule has 0 aliphatic carbocycles. The first-order chi connectivity index (χ1) is 15.0. The molecular weight excluding hydrogens is 401 g/mol. The number of hydrogen-bond acceptors (Lipinski definition) is 3. The predicted molar refractivity (Wildman–Crippen MR) is 114 cm³/mol. The highest BCUT2D eigenvalue weighted by molar-refractivity contribution is 5.85. The van der Waals surface area contributed by atoms with Crippen LogP contribution < -0.4 is 0 Å². The molecule has 0 aliphatic rings. The number of alkyl halides is 3. The predicted octanol–water partition coefficient (Wildman–Crippen LogP) is 6.36. The summed E-state index contributed by atoms with van der Waals surface area (Å²) >= 11 is 0. The summed E-state index contributed by atoms with van der Waals surface area (Å²) in [4.78, 5) is 7.89. The molecular formula is C24H21F3N4. The van der Waals surface area contributed by atoms with E-state index in [0.29, 0.717) is 11.1 Å². The molecule has 2 aromatic heterocycles. The number of aryl methyl sites for hydroxylation is 1. The van der Waals surface area contributed by atoms with Gasteiger partial charge >= 0.3 is 6.18 Å². The standard InChI is InChI=1S/C24H21F3N4/c1-2-3-14-19-15-16-31(30-19)22-20(17-10-6-4-7-11-17)21(18-12-8-5-9-13-18)28-23(29-22)24(25,26)27/h4-13,15-16H,2-3,14H2,1H3. The first-order valence-corrected chi connectivity index (χ1v) is 10.1. The highest BCUT2D eigenvalue weighted by Gasteiger charge is 2.37. The van der Waals surface area contributed by atoms with E-state index in [1.165, 1.54) is 4.68 Å². The van der Waals surface area contributed by atoms with Crippen LogP contribution in [0.15, 0.2) is 72.9 Å². The van der Waals surface area contributed by atoms with E-state index in [4.69, 9.17) is 0 Å². The van der Waals surface area contributed by atoms with Crippen molar-refractivity contribution in [2.24, 2.45) is 0 Å². The molecule has 2 aromatic carbocycles. The summed E-state index contributed by atoms with van der Waals surface area (Å²) in [5, 5.41) is 4.52. The van der Waals surface area contributed by atoms with Gasteiger partial charge in [-0.05, 0) is 24.5 Å². The number of benzene rings is 2. The Kier molecular flexibility index (Phi) is 5.84. The number of aromatic nitrogens is 4. The second kappa shape index (κ2) is 8.71. The van der Waals surface area contributed by atoms with E-state index in [0.717, 1.165) is 30.5 Å². The quantitative estimate of drug-likeness (QED) is 0.363. The van der Waals surface area contributed by atoms with Crippen molar-refractivity contribution in [3.63, 3.8) is 0 Å². The summed E-state index contributed by atoms with van der Waals surface area (Å²) in [6, 6.07) is 19.9. The lowest BCUT2D eigenvalue weighted by Gasteiger charge is -2.17. The minimum absolute atomic E-state index is 0.107. The van der Waals surface area contributed by atoms with Crippen molar-refractivity contribution in [3.8, 4) is 28.2 Å². The molecule has 31 heavy (non-hydrogen) atoms. The Morgan fingerprint density at radius 3 is 2.10 bits per heavy atom. The van der Waals surface area contributed by atoms with Gasteiger partial charge in [-0.25, -0.2) is 14.6 Å². The molecule has 0 amide bonds. The molecule has 7 heteroatoms. The summed E-state index contributed by atoms with van der Waals surface area (Å²) in [5.74, 6) is -1.08. The molecule has 4 nitrogen and oxygen atoms in total. The van der Waals surface area contributed by atoms with E-state index >= 15 is 0 Å². The van der Waals surface area contributed by atoms with Gasteiger partial charge in [-0.2, -0.15) is 18.3 Å². The fourth-order valence-electron chi connectivity index (χ4n) is 3.39. The Labute approximate surface area is 178 Å². The highest BCUT2D eigenvalue weighted by Crippen LogP contribution is 2.37. The van der Waals surface area contributed by atoms with Crippen molar-refractivity contribution in [2.45, 2.75) is 32.4 Å². The van der Waals surface area contributed by atoms with Gasteiger partial charge in [0.05, 0.1) is 17.0 Å². The Bertz CT molecular complexity index is 1150. The molecule has 0 saturated heterocycles. The first-order valence-electron chi connectivity index (χ1n) is 10.1. The van der Waals surface area contributed by atoms with Gasteiger partial charge in [0.2, 0.25) is 5.82 Å². The van der Waals surface area contributed by atoms with Gasteiger partial charge in [0, 0.05) is 11.8 Å². The van der Waals surface area contributed by atoms with Crippen LogP contribution in [0.1, 0.15) is 31.3 Å². The van der Waals surface area contributed by atoms with Crippen LogP contribution in [0.5, 0.6) is 0 Å². The van der Waals surface area contributed by atoms with Crippen molar-refractivity contribution < 1.29 is 13.2 Å². The summed E-state index contributed by atoms with van der Waals surface area (Å²) in [6.45, 7) is 2.08. The maximum atomic E-state index is 13.7. The van der Waals surface area contributed by atoms with E-state index in [1.807, 2.05) is 42.5 Å². The molecule has 2 heterocycles. The molecule has 4 aromatic rings. The summed E-state index contributed by atoms with van der Waals surface area (Å²) < 4.78 is 42.6. The third-order valence-corrected chi connectivity index (χ3v) is 4.90. The van der Waals surface area contributed by atoms with Crippen LogP contribution in [0, 0.1) is 0 Å². The normalized spacial score (nSPS) is 11.6. The van der Waals surface area contributed by atoms with Crippen molar-refractivity contribution in [1.29, 1.82) is 0 Å². The second-order valence-electron chi connectivity index (χ2n) is 7.18. The molecule has 0 aliphatic heterocycles. The lowest BCUT2D eigenvalue weighted by molar-refractivity contribution is -0.144. The second-order valence-corrected chi connectivity index (χ2v) is 7.18. The smallest absolute Gasteiger partial charge is 0.224 e. The number of nitrogens with zero attached hydrogens (tertiary/aromatic N) is 4. The molecule has 158 valence electrons. The van der Waals surface area contributed by atoms with Crippen molar-refractivity contribution in [2.75, 3.05) is 0 Å². The number of rotatable bonds is 6. The molecule has 4 rings (SSSR count). The lowest BCUT2D eigenvalue weighted by Crippen LogP contribution is -2.16. The fourth-order valence-corrected chi connectivity index (χ4v) is 3.39. The number of unbranched alkanes of at least 4 members (excludes halogenated alkanes) is 1. The zero-order chi connectivity index (χ0) is 21.8. The first kappa shape index (κ1) is 20.8. The van der Waals surface area contributed by atoms with Crippen molar-refractivity contribution in [1.82, 2.24) is 19.7 Å². The zero-order valence-corrected chi connectivity index (χ0v) is 17.0. The van der Waals surface area contributed by atoms with Gasteiger partial charge in [0.15, 0.2) is 5.82 Å². The number of hydrogen-bond donors (Lipinski definition) is 0. The minimum atomic E-state index is -4.69. The third-order valence-electron chi connectivity index (χ3n) is 4.90. The summed E-state index contributed by atoms with van der Waals surface area (Å²) in [5.41, 5.74) is 2.83. The topological polar surface area (TPSA) is 43.6 Å². The minimum Gasteiger partial charge on any atom is -0.224 e. The average Bonchev–Trinajstić information content (AvgIpc) is 3.26. The maximum absolute atomic E-state index is 13.7. The fraction of sp³-hybridized carbons (Fsp3) is 0.208. The molecule has 0 atom stereocenters. The van der Waals surface area contributed by atoms with E-state index in [9.17, 15) is 13.2 Å². The number of halogens is 3. The van der Waals surface area contributed by atoms with Crippen LogP contribution in [-0.2, 0) is 12.6 Å². The van der Waals surface area contributed by atoms with Gasteiger partial charge in [0.25, 0.3) is 0 Å². The van der Waals surface area contributed by atoms with Crippen LogP contribution in [0.3, 0.4) is 0 Å². The molecule has 0 radical (unpaired) electrons. The highest BCUT2D eigenvalue weighted by atomic mass is 19.4. The molecule has 0 saturated carbocycles. The Hall–Kier alpha value is -3.48. The third kappa shape index (κ3) is 4.50. The lowest BCUT2D eigenvalue weighted by atomic mass is 9.99. The summed E-state index contributed by atoms with van der Waals surface area (Å²) in [7, 11) is 0. The maximum Gasteiger partial charge on any atom is 0.451 e. The van der Waals surface area contributed by atoms with E-state index < -0.39 is 12.0 Å². The van der Waals surface area contributed by atoms with Crippen LogP contribution in [0.2, 0.25) is 0 Å². The van der Waals surface area contributed by atoms with Gasteiger partial charge in [-0.15, -0.1) is 0 Å². The molecule has 0 bridgehead atoms. The van der Waals surface area contributed by atoms with Gasteiger partial charge in [0.1, 0.15) is 0 Å². The zero-order valence-electron chi connectivity index (χ0n) is 17.0. The average molecular weight is 422 g/mol. The Morgan fingerprint density at radius 2 is 1.48 bits per heavy atom. The molecule has 0 fully saturated rings. The molecule has 0 spiro atoms. The van der Waals surface area contributed by atoms with E-state index in [-0.39, 0.29) is 11.5 Å². The monoisotopic (exact) mass is 422 g/mol. The van der Waals surface area contributed by atoms with Gasteiger partial charge in [-0.3, -0.25) is 0 Å². The van der Waals surface area contributed by atoms with E-state index in [2.05, 4.69) is 22.0 Å². The van der Waals surface area contributed by atoms with Gasteiger partial charge in [-0.1, -0.05) is 74.0 Å². The molecule has 0 N–H and O–H groups in total. The summed E-state index contributed by atoms with van der Waals surface area (Å²) in [6.07, 6.45) is -0.311. The Balaban J connectivity index is 2.01. The largest absolute Gasteiger partial charge is 0.451 e. The van der Waals surface area contributed by atoms with Crippen LogP contribution in [-0.4, -0.2) is 19.7 Å². The van der Waals surface area contributed by atoms with Crippen molar-refractivity contribution in [3.05, 3.63) is 84.4 Å².